The van der Waals surface area contributed by atoms with Crippen molar-refractivity contribution in [2.24, 2.45) is 0 Å². The molecule has 3 rings (SSSR count). The molecule has 4 nitrogen and oxygen atoms in total. The molecule has 0 aliphatic rings. The van der Waals surface area contributed by atoms with Crippen molar-refractivity contribution in [1.29, 1.82) is 0 Å². The number of fused-ring (bicyclic) bond motifs is 1. The molecular formula is C13H11N3OS. The van der Waals surface area contributed by atoms with Gasteiger partial charge in [0.15, 0.2) is 0 Å². The van der Waals surface area contributed by atoms with Crippen LogP contribution in [0.1, 0.15) is 10.7 Å². The van der Waals surface area contributed by atoms with Gasteiger partial charge in [0.05, 0.1) is 16.8 Å². The Morgan fingerprint density at radius 2 is 2.06 bits per heavy atom. The molecule has 18 heavy (non-hydrogen) atoms. The van der Waals surface area contributed by atoms with E-state index in [0.717, 1.165) is 20.9 Å². The zero-order chi connectivity index (χ0) is 12.5. The molecule has 0 spiro atoms. The van der Waals surface area contributed by atoms with E-state index < -0.39 is 0 Å². The van der Waals surface area contributed by atoms with Crippen LogP contribution in [0.5, 0.6) is 0 Å². The molecule has 1 aromatic carbocycles. The van der Waals surface area contributed by atoms with E-state index in [9.17, 15) is 4.79 Å². The minimum Gasteiger partial charge on any atom is -0.292 e. The molecule has 0 unspecified atom stereocenters. The Morgan fingerprint density at radius 1 is 1.22 bits per heavy atom. The minimum absolute atomic E-state index is 0.228. The van der Waals surface area contributed by atoms with Crippen LogP contribution < -0.4 is 5.69 Å². The normalized spacial score (nSPS) is 10.9. The van der Waals surface area contributed by atoms with E-state index >= 15 is 0 Å². The van der Waals surface area contributed by atoms with Crippen LogP contribution in [0.25, 0.3) is 10.2 Å². The molecule has 0 saturated carbocycles. The lowest BCUT2D eigenvalue weighted by Gasteiger charge is -2.01. The molecule has 0 atom stereocenters. The van der Waals surface area contributed by atoms with Crippen LogP contribution in [-0.2, 0) is 6.54 Å². The predicted molar refractivity (Wildman–Crippen MR) is 72.0 cm³/mol. The SMILES string of the molecule is Cc1ccn(Cc2nc3ccccc3s2)c(=O)n1. The van der Waals surface area contributed by atoms with Gasteiger partial charge in [-0.25, -0.2) is 9.78 Å². The molecule has 2 aromatic heterocycles. The molecule has 0 saturated heterocycles. The van der Waals surface area contributed by atoms with Crippen LogP contribution >= 0.6 is 11.3 Å². The maximum Gasteiger partial charge on any atom is 0.348 e. The average molecular weight is 257 g/mol. The summed E-state index contributed by atoms with van der Waals surface area (Å²) >= 11 is 1.61. The summed E-state index contributed by atoms with van der Waals surface area (Å²) in [6, 6.07) is 9.79. The number of nitrogens with zero attached hydrogens (tertiary/aromatic N) is 3. The summed E-state index contributed by atoms with van der Waals surface area (Å²) in [5, 5.41) is 0.920. The molecule has 0 aliphatic heterocycles. The van der Waals surface area contributed by atoms with Crippen molar-refractivity contribution in [3.8, 4) is 0 Å². The molecule has 2 heterocycles. The van der Waals surface area contributed by atoms with Crippen LogP contribution in [0, 0.1) is 6.92 Å². The highest BCUT2D eigenvalue weighted by molar-refractivity contribution is 7.18. The second kappa shape index (κ2) is 4.34. The Labute approximate surface area is 108 Å². The van der Waals surface area contributed by atoms with Gasteiger partial charge in [0.2, 0.25) is 0 Å². The minimum atomic E-state index is -0.228. The van der Waals surface area contributed by atoms with Crippen molar-refractivity contribution < 1.29 is 0 Å². The van der Waals surface area contributed by atoms with Gasteiger partial charge in [0, 0.05) is 11.9 Å². The van der Waals surface area contributed by atoms with Gasteiger partial charge in [-0.15, -0.1) is 11.3 Å². The van der Waals surface area contributed by atoms with E-state index in [1.807, 2.05) is 37.3 Å². The molecule has 0 amide bonds. The summed E-state index contributed by atoms with van der Waals surface area (Å²) in [5.74, 6) is 0. The standard InChI is InChI=1S/C13H11N3OS/c1-9-6-7-16(13(17)14-9)8-12-15-10-4-2-3-5-11(10)18-12/h2-7H,8H2,1H3. The van der Waals surface area contributed by atoms with E-state index in [-0.39, 0.29) is 5.69 Å². The van der Waals surface area contributed by atoms with E-state index in [4.69, 9.17) is 0 Å². The van der Waals surface area contributed by atoms with Crippen molar-refractivity contribution in [3.05, 3.63) is 57.7 Å². The summed E-state index contributed by atoms with van der Waals surface area (Å²) in [5.41, 5.74) is 1.49. The summed E-state index contributed by atoms with van der Waals surface area (Å²) in [6.07, 6.45) is 1.76. The highest BCUT2D eigenvalue weighted by atomic mass is 32.1. The van der Waals surface area contributed by atoms with Gasteiger partial charge in [0.25, 0.3) is 0 Å². The number of thiazole rings is 1. The van der Waals surface area contributed by atoms with Gasteiger partial charge in [-0.3, -0.25) is 4.57 Å². The lowest BCUT2D eigenvalue weighted by molar-refractivity contribution is 0.718. The molecule has 0 N–H and O–H groups in total. The maximum atomic E-state index is 11.7. The zero-order valence-electron chi connectivity index (χ0n) is 9.83. The molecule has 0 fully saturated rings. The van der Waals surface area contributed by atoms with E-state index in [0.29, 0.717) is 6.54 Å². The Bertz CT molecular complexity index is 727. The Kier molecular flexibility index (Phi) is 2.68. The third-order valence-corrected chi connectivity index (χ3v) is 3.68. The number of hydrogen-bond acceptors (Lipinski definition) is 4. The third-order valence-electron chi connectivity index (χ3n) is 2.66. The van der Waals surface area contributed by atoms with E-state index in [1.54, 1.807) is 22.1 Å². The second-order valence-electron chi connectivity index (χ2n) is 4.05. The van der Waals surface area contributed by atoms with Gasteiger partial charge >= 0.3 is 5.69 Å². The van der Waals surface area contributed by atoms with Crippen molar-refractivity contribution in [2.45, 2.75) is 13.5 Å². The van der Waals surface area contributed by atoms with Crippen molar-refractivity contribution in [2.75, 3.05) is 0 Å². The lowest BCUT2D eigenvalue weighted by Crippen LogP contribution is -2.23. The maximum absolute atomic E-state index is 11.7. The predicted octanol–water partition coefficient (Wildman–Crippen LogP) is 2.21. The summed E-state index contributed by atoms with van der Waals surface area (Å²) in [4.78, 5) is 20.1. The third kappa shape index (κ3) is 2.04. The molecule has 0 bridgehead atoms. The first kappa shape index (κ1) is 11.1. The highest BCUT2D eigenvalue weighted by Gasteiger charge is 2.05. The molecule has 90 valence electrons. The first-order chi connectivity index (χ1) is 8.72. The quantitative estimate of drug-likeness (QED) is 0.707. The fourth-order valence-electron chi connectivity index (χ4n) is 1.77. The van der Waals surface area contributed by atoms with E-state index in [1.165, 1.54) is 0 Å². The smallest absolute Gasteiger partial charge is 0.292 e. The molecular weight excluding hydrogens is 246 g/mol. The molecule has 0 radical (unpaired) electrons. The first-order valence-electron chi connectivity index (χ1n) is 5.61. The average Bonchev–Trinajstić information content (AvgIpc) is 2.75. The number of hydrogen-bond donors (Lipinski definition) is 0. The second-order valence-corrected chi connectivity index (χ2v) is 5.17. The topological polar surface area (TPSA) is 47.8 Å². The Balaban J connectivity index is 1.98. The molecule has 3 aromatic rings. The largest absolute Gasteiger partial charge is 0.348 e. The highest BCUT2D eigenvalue weighted by Crippen LogP contribution is 2.21. The number of para-hydroxylation sites is 1. The van der Waals surface area contributed by atoms with Crippen LogP contribution in [0.4, 0.5) is 0 Å². The zero-order valence-corrected chi connectivity index (χ0v) is 10.6. The Morgan fingerprint density at radius 3 is 2.83 bits per heavy atom. The van der Waals surface area contributed by atoms with Crippen LogP contribution in [-0.4, -0.2) is 14.5 Å². The fourth-order valence-corrected chi connectivity index (χ4v) is 2.73. The van der Waals surface area contributed by atoms with E-state index in [2.05, 4.69) is 9.97 Å². The molecule has 5 heteroatoms. The fraction of sp³-hybridized carbons (Fsp3) is 0.154. The van der Waals surface area contributed by atoms with Gasteiger partial charge in [-0.05, 0) is 25.1 Å². The van der Waals surface area contributed by atoms with Crippen LogP contribution in [0.15, 0.2) is 41.3 Å². The number of aromatic nitrogens is 3. The van der Waals surface area contributed by atoms with Gasteiger partial charge in [-0.2, -0.15) is 4.98 Å². The monoisotopic (exact) mass is 257 g/mol. The first-order valence-corrected chi connectivity index (χ1v) is 6.42. The van der Waals surface area contributed by atoms with Crippen molar-refractivity contribution in [1.82, 2.24) is 14.5 Å². The number of rotatable bonds is 2. The number of benzene rings is 1. The van der Waals surface area contributed by atoms with Crippen molar-refractivity contribution in [3.63, 3.8) is 0 Å². The van der Waals surface area contributed by atoms with Crippen LogP contribution in [0.3, 0.4) is 0 Å². The summed E-state index contributed by atoms with van der Waals surface area (Å²) < 4.78 is 2.71. The number of aryl methyl sites for hydroxylation is 1. The summed E-state index contributed by atoms with van der Waals surface area (Å²) in [7, 11) is 0. The summed E-state index contributed by atoms with van der Waals surface area (Å²) in [6.45, 7) is 2.29. The van der Waals surface area contributed by atoms with Gasteiger partial charge < -0.3 is 0 Å². The van der Waals surface area contributed by atoms with Crippen LogP contribution in [0.2, 0.25) is 0 Å². The molecule has 0 aliphatic carbocycles. The van der Waals surface area contributed by atoms with Crippen molar-refractivity contribution >= 4 is 21.6 Å². The lowest BCUT2D eigenvalue weighted by atomic mass is 10.3. The van der Waals surface area contributed by atoms with Gasteiger partial charge in [0.1, 0.15) is 5.01 Å². The van der Waals surface area contributed by atoms with Gasteiger partial charge in [-0.1, -0.05) is 12.1 Å². The Hall–Kier alpha value is -2.01.